The number of pyridine rings is 1. The SMILES string of the molecule is CCCS(=O)(=O)Nc1ccc(F)c(C(=O)Cc2cnc3[nH]ccc3c2)c1Cl. The summed E-state index contributed by atoms with van der Waals surface area (Å²) in [5.41, 5.74) is 0.916. The van der Waals surface area contributed by atoms with Crippen LogP contribution in [0.15, 0.2) is 36.7 Å². The molecule has 0 saturated heterocycles. The highest BCUT2D eigenvalue weighted by Crippen LogP contribution is 2.30. The summed E-state index contributed by atoms with van der Waals surface area (Å²) in [7, 11) is -3.62. The van der Waals surface area contributed by atoms with Crippen LogP contribution < -0.4 is 4.72 Å². The third-order valence-corrected chi connectivity index (χ3v) is 5.80. The molecule has 0 saturated carbocycles. The first-order valence-corrected chi connectivity index (χ1v) is 10.3. The molecule has 142 valence electrons. The van der Waals surface area contributed by atoms with Gasteiger partial charge in [-0.1, -0.05) is 18.5 Å². The molecule has 6 nitrogen and oxygen atoms in total. The van der Waals surface area contributed by atoms with Crippen molar-refractivity contribution in [3.8, 4) is 0 Å². The topological polar surface area (TPSA) is 91.9 Å². The molecule has 2 aromatic heterocycles. The van der Waals surface area contributed by atoms with Crippen molar-refractivity contribution in [2.75, 3.05) is 10.5 Å². The Morgan fingerprint density at radius 3 is 2.85 bits per heavy atom. The molecule has 0 radical (unpaired) electrons. The third-order valence-electron chi connectivity index (χ3n) is 3.93. The van der Waals surface area contributed by atoms with Gasteiger partial charge in [0.25, 0.3) is 0 Å². The predicted molar refractivity (Wildman–Crippen MR) is 103 cm³/mol. The lowest BCUT2D eigenvalue weighted by molar-refractivity contribution is 0.0989. The maximum Gasteiger partial charge on any atom is 0.232 e. The molecular formula is C18H17ClFN3O3S. The van der Waals surface area contributed by atoms with Gasteiger partial charge >= 0.3 is 0 Å². The van der Waals surface area contributed by atoms with Gasteiger partial charge in [0.15, 0.2) is 5.78 Å². The van der Waals surface area contributed by atoms with Crippen molar-refractivity contribution in [2.45, 2.75) is 19.8 Å². The maximum absolute atomic E-state index is 14.3. The van der Waals surface area contributed by atoms with Gasteiger partial charge in [-0.2, -0.15) is 0 Å². The number of carbonyl (C=O) groups excluding carboxylic acids is 1. The first-order valence-electron chi connectivity index (χ1n) is 8.24. The zero-order valence-electron chi connectivity index (χ0n) is 14.4. The molecule has 0 fully saturated rings. The minimum absolute atomic E-state index is 0.0194. The van der Waals surface area contributed by atoms with Crippen LogP contribution >= 0.6 is 11.6 Å². The van der Waals surface area contributed by atoms with Gasteiger partial charge in [0.2, 0.25) is 10.0 Å². The van der Waals surface area contributed by atoms with Crippen molar-refractivity contribution < 1.29 is 17.6 Å². The van der Waals surface area contributed by atoms with E-state index in [1.165, 1.54) is 12.3 Å². The number of hydrogen-bond acceptors (Lipinski definition) is 4. The predicted octanol–water partition coefficient (Wildman–Crippen LogP) is 3.93. The summed E-state index contributed by atoms with van der Waals surface area (Å²) < 4.78 is 40.5. The van der Waals surface area contributed by atoms with E-state index in [0.29, 0.717) is 17.6 Å². The summed E-state index contributed by atoms with van der Waals surface area (Å²) in [6.45, 7) is 1.72. The van der Waals surface area contributed by atoms with Gasteiger partial charge in [-0.15, -0.1) is 0 Å². The van der Waals surface area contributed by atoms with Crippen molar-refractivity contribution in [1.82, 2.24) is 9.97 Å². The van der Waals surface area contributed by atoms with Crippen molar-refractivity contribution in [2.24, 2.45) is 0 Å². The Morgan fingerprint density at radius 1 is 1.33 bits per heavy atom. The van der Waals surface area contributed by atoms with Gasteiger partial charge in [-0.25, -0.2) is 17.8 Å². The van der Waals surface area contributed by atoms with E-state index in [0.717, 1.165) is 11.5 Å². The number of Topliss-reactive ketones (excluding diaryl/α,β-unsaturated/α-hetero) is 1. The normalized spacial score (nSPS) is 11.7. The van der Waals surface area contributed by atoms with E-state index in [4.69, 9.17) is 11.6 Å². The number of rotatable bonds is 7. The van der Waals surface area contributed by atoms with Crippen LogP contribution in [0.25, 0.3) is 11.0 Å². The van der Waals surface area contributed by atoms with E-state index < -0.39 is 21.6 Å². The minimum atomic E-state index is -3.62. The summed E-state index contributed by atoms with van der Waals surface area (Å²) in [6, 6.07) is 5.81. The number of carbonyl (C=O) groups is 1. The van der Waals surface area contributed by atoms with Crippen LogP contribution in [0.5, 0.6) is 0 Å². The Kier molecular flexibility index (Phi) is 5.48. The van der Waals surface area contributed by atoms with Crippen LogP contribution in [0.1, 0.15) is 29.3 Å². The number of fused-ring (bicyclic) bond motifs is 1. The Balaban J connectivity index is 1.90. The van der Waals surface area contributed by atoms with Crippen molar-refractivity contribution in [3.63, 3.8) is 0 Å². The summed E-state index contributed by atoms with van der Waals surface area (Å²) in [4.78, 5) is 19.8. The zero-order chi connectivity index (χ0) is 19.6. The molecule has 1 aromatic carbocycles. The second-order valence-corrected chi connectivity index (χ2v) is 8.28. The van der Waals surface area contributed by atoms with Crippen LogP contribution in [-0.2, 0) is 16.4 Å². The lowest BCUT2D eigenvalue weighted by Crippen LogP contribution is -2.17. The number of anilines is 1. The number of hydrogen-bond donors (Lipinski definition) is 2. The van der Waals surface area contributed by atoms with Crippen molar-refractivity contribution in [1.29, 1.82) is 0 Å². The van der Waals surface area contributed by atoms with E-state index in [1.54, 1.807) is 19.2 Å². The molecule has 0 aliphatic heterocycles. The first-order chi connectivity index (χ1) is 12.8. The Morgan fingerprint density at radius 2 is 2.11 bits per heavy atom. The molecule has 0 aliphatic carbocycles. The standard InChI is InChI=1S/C18H17ClFN3O3S/c1-2-7-27(25,26)23-14-4-3-13(20)16(17(14)19)15(24)9-11-8-12-5-6-21-18(12)22-10-11/h3-6,8,10,23H,2,7,9H2,1H3,(H,21,22). The summed E-state index contributed by atoms with van der Waals surface area (Å²) in [5, 5.41) is 0.573. The van der Waals surface area contributed by atoms with E-state index >= 15 is 0 Å². The Hall–Kier alpha value is -2.45. The highest BCUT2D eigenvalue weighted by molar-refractivity contribution is 7.92. The highest BCUT2D eigenvalue weighted by Gasteiger charge is 2.21. The largest absolute Gasteiger partial charge is 0.346 e. The van der Waals surface area contributed by atoms with Gasteiger partial charge in [0, 0.05) is 24.2 Å². The molecule has 0 aliphatic rings. The Labute approximate surface area is 160 Å². The fourth-order valence-electron chi connectivity index (χ4n) is 2.73. The van der Waals surface area contributed by atoms with Crippen LogP contribution in [0.3, 0.4) is 0 Å². The molecule has 2 heterocycles. The fraction of sp³-hybridized carbons (Fsp3) is 0.222. The quantitative estimate of drug-likeness (QED) is 0.578. The van der Waals surface area contributed by atoms with Gasteiger partial charge in [0.05, 0.1) is 22.0 Å². The maximum atomic E-state index is 14.3. The third kappa shape index (κ3) is 4.28. The van der Waals surface area contributed by atoms with Gasteiger partial charge in [0.1, 0.15) is 11.5 Å². The molecule has 0 amide bonds. The van der Waals surface area contributed by atoms with Crippen LogP contribution in [-0.4, -0.2) is 29.9 Å². The minimum Gasteiger partial charge on any atom is -0.346 e. The number of sulfonamides is 1. The summed E-state index contributed by atoms with van der Waals surface area (Å²) in [5.74, 6) is -1.48. The fourth-order valence-corrected chi connectivity index (χ4v) is 4.24. The first kappa shape index (κ1) is 19.3. The van der Waals surface area contributed by atoms with E-state index in [2.05, 4.69) is 14.7 Å². The number of ketones is 1. The second-order valence-electron chi connectivity index (χ2n) is 6.06. The molecule has 0 atom stereocenters. The molecule has 3 aromatic rings. The van der Waals surface area contributed by atoms with E-state index in [9.17, 15) is 17.6 Å². The number of aromatic nitrogens is 2. The summed E-state index contributed by atoms with van der Waals surface area (Å²) in [6.07, 6.45) is 3.55. The van der Waals surface area contributed by atoms with Gasteiger partial charge < -0.3 is 4.98 Å². The number of halogens is 2. The van der Waals surface area contributed by atoms with Crippen molar-refractivity contribution >= 4 is 44.1 Å². The van der Waals surface area contributed by atoms with Gasteiger partial charge in [-0.3, -0.25) is 9.52 Å². The Bertz CT molecular complexity index is 1110. The van der Waals surface area contributed by atoms with E-state index in [-0.39, 0.29) is 28.4 Å². The number of benzene rings is 1. The smallest absolute Gasteiger partial charge is 0.232 e. The molecule has 0 bridgehead atoms. The van der Waals surface area contributed by atoms with E-state index in [1.807, 2.05) is 6.07 Å². The molecule has 3 rings (SSSR count). The highest BCUT2D eigenvalue weighted by atomic mass is 35.5. The monoisotopic (exact) mass is 409 g/mol. The molecule has 27 heavy (non-hydrogen) atoms. The number of H-pyrrole nitrogens is 1. The number of nitrogens with one attached hydrogen (secondary N) is 2. The van der Waals surface area contributed by atoms with Crippen LogP contribution in [0.4, 0.5) is 10.1 Å². The molecule has 0 spiro atoms. The van der Waals surface area contributed by atoms with Crippen LogP contribution in [0, 0.1) is 5.82 Å². The summed E-state index contributed by atoms with van der Waals surface area (Å²) >= 11 is 6.15. The number of aromatic amines is 1. The average molecular weight is 410 g/mol. The van der Waals surface area contributed by atoms with Gasteiger partial charge in [-0.05, 0) is 36.2 Å². The molecule has 9 heteroatoms. The average Bonchev–Trinajstić information content (AvgIpc) is 3.05. The lowest BCUT2D eigenvalue weighted by Gasteiger charge is -2.12. The molecule has 2 N–H and O–H groups in total. The van der Waals surface area contributed by atoms with Crippen molar-refractivity contribution in [3.05, 3.63) is 58.6 Å². The lowest BCUT2D eigenvalue weighted by atomic mass is 10.0. The molecular weight excluding hydrogens is 393 g/mol. The second kappa shape index (κ2) is 7.66. The van der Waals surface area contributed by atoms with Crippen LogP contribution in [0.2, 0.25) is 5.02 Å². The zero-order valence-corrected chi connectivity index (χ0v) is 16.0. The molecule has 0 unspecified atom stereocenters. The number of nitrogens with zero attached hydrogens (tertiary/aromatic N) is 1.